The summed E-state index contributed by atoms with van der Waals surface area (Å²) < 4.78 is 2.96. The van der Waals surface area contributed by atoms with Crippen molar-refractivity contribution in [3.8, 4) is 11.3 Å². The van der Waals surface area contributed by atoms with Crippen molar-refractivity contribution in [3.63, 3.8) is 0 Å². The first-order valence-electron chi connectivity index (χ1n) is 7.80. The number of hydrogen-bond acceptors (Lipinski definition) is 5. The van der Waals surface area contributed by atoms with E-state index in [-0.39, 0.29) is 5.91 Å². The molecule has 0 atom stereocenters. The number of thiazole rings is 1. The fraction of sp³-hybridized carbons (Fsp3) is 0.111. The smallest absolute Gasteiger partial charge is 0.221 e. The Hall–Kier alpha value is -3.06. The maximum absolute atomic E-state index is 11.1. The van der Waals surface area contributed by atoms with Gasteiger partial charge in [-0.1, -0.05) is 29.5 Å². The van der Waals surface area contributed by atoms with Crippen molar-refractivity contribution in [1.82, 2.24) is 20.0 Å². The number of para-hydroxylation sites is 1. The summed E-state index contributed by atoms with van der Waals surface area (Å²) >= 11 is 1.66. The predicted octanol–water partition coefficient (Wildman–Crippen LogP) is 3.56. The number of nitrogens with one attached hydrogen (secondary N) is 1. The van der Waals surface area contributed by atoms with Gasteiger partial charge in [-0.05, 0) is 24.3 Å². The molecular weight excluding hydrogens is 334 g/mol. The summed E-state index contributed by atoms with van der Waals surface area (Å²) in [5.74, 6) is -0.0884. The Morgan fingerprint density at radius 3 is 2.72 bits per heavy atom. The minimum absolute atomic E-state index is 0.0884. The summed E-state index contributed by atoms with van der Waals surface area (Å²) in [6.45, 7) is 2.08. The molecule has 0 radical (unpaired) electrons. The van der Waals surface area contributed by atoms with Gasteiger partial charge in [-0.25, -0.2) is 9.67 Å². The number of benzene rings is 2. The fourth-order valence-electron chi connectivity index (χ4n) is 2.56. The topological polar surface area (TPSA) is 72.7 Å². The monoisotopic (exact) mass is 349 g/mol. The van der Waals surface area contributed by atoms with Crippen LogP contribution in [0.1, 0.15) is 11.9 Å². The van der Waals surface area contributed by atoms with Crippen molar-refractivity contribution in [3.05, 3.63) is 59.7 Å². The Morgan fingerprint density at radius 2 is 1.96 bits per heavy atom. The molecule has 124 valence electrons. The quantitative estimate of drug-likeness (QED) is 0.611. The van der Waals surface area contributed by atoms with E-state index in [4.69, 9.17) is 0 Å². The van der Waals surface area contributed by atoms with Gasteiger partial charge in [0.05, 0.1) is 23.0 Å². The van der Waals surface area contributed by atoms with Gasteiger partial charge < -0.3 is 5.32 Å². The third-order valence-electron chi connectivity index (χ3n) is 3.68. The molecule has 1 amide bonds. The van der Waals surface area contributed by atoms with Crippen LogP contribution in [0.2, 0.25) is 0 Å². The van der Waals surface area contributed by atoms with Crippen LogP contribution in [0.5, 0.6) is 0 Å². The van der Waals surface area contributed by atoms with Gasteiger partial charge in [0.15, 0.2) is 0 Å². The molecule has 4 rings (SSSR count). The summed E-state index contributed by atoms with van der Waals surface area (Å²) in [5, 5.41) is 12.2. The van der Waals surface area contributed by atoms with Crippen LogP contribution >= 0.6 is 11.3 Å². The van der Waals surface area contributed by atoms with E-state index in [1.54, 1.807) is 16.0 Å². The Morgan fingerprint density at radius 1 is 1.16 bits per heavy atom. The third kappa shape index (κ3) is 3.41. The van der Waals surface area contributed by atoms with Crippen LogP contribution in [0.3, 0.4) is 0 Å². The molecule has 0 unspecified atom stereocenters. The first-order chi connectivity index (χ1) is 12.2. The number of nitrogens with zero attached hydrogens (tertiary/aromatic N) is 4. The van der Waals surface area contributed by atoms with Gasteiger partial charge in [0.2, 0.25) is 5.91 Å². The van der Waals surface area contributed by atoms with Crippen molar-refractivity contribution in [1.29, 1.82) is 0 Å². The van der Waals surface area contributed by atoms with Gasteiger partial charge in [0.1, 0.15) is 10.7 Å². The molecule has 0 fully saturated rings. The molecule has 1 N–H and O–H groups in total. The maximum Gasteiger partial charge on any atom is 0.221 e. The highest BCUT2D eigenvalue weighted by Gasteiger charge is 2.08. The zero-order valence-corrected chi connectivity index (χ0v) is 14.3. The number of anilines is 1. The van der Waals surface area contributed by atoms with E-state index in [1.165, 1.54) is 11.6 Å². The predicted molar refractivity (Wildman–Crippen MR) is 98.5 cm³/mol. The highest BCUT2D eigenvalue weighted by molar-refractivity contribution is 7.18. The van der Waals surface area contributed by atoms with Gasteiger partial charge >= 0.3 is 0 Å². The average Bonchev–Trinajstić information content (AvgIpc) is 3.21. The number of rotatable bonds is 4. The first kappa shape index (κ1) is 15.5. The minimum atomic E-state index is -0.0884. The number of aromatic nitrogens is 4. The second-order valence-corrected chi connectivity index (χ2v) is 6.75. The SMILES string of the molecule is CC(=O)Nc1ccc(-c2cn(Cc3nc4ccccc4s3)nn2)cc1. The largest absolute Gasteiger partial charge is 0.326 e. The molecule has 6 nitrogen and oxygen atoms in total. The highest BCUT2D eigenvalue weighted by Crippen LogP contribution is 2.23. The van der Waals surface area contributed by atoms with Crippen molar-refractivity contribution in [2.45, 2.75) is 13.5 Å². The van der Waals surface area contributed by atoms with Crippen molar-refractivity contribution in [2.75, 3.05) is 5.32 Å². The lowest BCUT2D eigenvalue weighted by molar-refractivity contribution is -0.114. The van der Waals surface area contributed by atoms with E-state index in [9.17, 15) is 4.79 Å². The number of fused-ring (bicyclic) bond motifs is 1. The van der Waals surface area contributed by atoms with Crippen LogP contribution in [-0.2, 0) is 11.3 Å². The van der Waals surface area contributed by atoms with Crippen molar-refractivity contribution >= 4 is 33.1 Å². The molecule has 4 aromatic rings. The summed E-state index contributed by atoms with van der Waals surface area (Å²) in [5.41, 5.74) is 3.51. The molecular formula is C18H15N5OS. The van der Waals surface area contributed by atoms with E-state index in [0.717, 1.165) is 27.5 Å². The number of carbonyl (C=O) groups is 1. The molecule has 0 bridgehead atoms. The Kier molecular flexibility index (Phi) is 3.99. The van der Waals surface area contributed by atoms with E-state index < -0.39 is 0 Å². The van der Waals surface area contributed by atoms with Crippen LogP contribution in [-0.4, -0.2) is 25.9 Å². The van der Waals surface area contributed by atoms with E-state index in [0.29, 0.717) is 6.54 Å². The van der Waals surface area contributed by atoms with Crippen molar-refractivity contribution in [2.24, 2.45) is 0 Å². The molecule has 0 saturated heterocycles. The van der Waals surface area contributed by atoms with Crippen LogP contribution in [0, 0.1) is 0 Å². The van der Waals surface area contributed by atoms with E-state index in [1.807, 2.05) is 48.7 Å². The molecule has 0 spiro atoms. The molecule has 0 aliphatic rings. The first-order valence-corrected chi connectivity index (χ1v) is 8.62. The van der Waals surface area contributed by atoms with Crippen LogP contribution in [0.4, 0.5) is 5.69 Å². The molecule has 7 heteroatoms. The molecule has 0 aliphatic carbocycles. The molecule has 2 heterocycles. The summed E-state index contributed by atoms with van der Waals surface area (Å²) in [4.78, 5) is 15.7. The van der Waals surface area contributed by atoms with Gasteiger partial charge in [-0.3, -0.25) is 4.79 Å². The van der Waals surface area contributed by atoms with Gasteiger partial charge in [-0.15, -0.1) is 16.4 Å². The van der Waals surface area contributed by atoms with Crippen molar-refractivity contribution < 1.29 is 4.79 Å². The second-order valence-electron chi connectivity index (χ2n) is 5.64. The van der Waals surface area contributed by atoms with Crippen LogP contribution in [0.25, 0.3) is 21.5 Å². The lowest BCUT2D eigenvalue weighted by Gasteiger charge is -2.02. The summed E-state index contributed by atoms with van der Waals surface area (Å²) in [6, 6.07) is 15.6. The van der Waals surface area contributed by atoms with E-state index >= 15 is 0 Å². The normalized spacial score (nSPS) is 10.9. The van der Waals surface area contributed by atoms with Gasteiger partial charge in [0.25, 0.3) is 0 Å². The molecule has 2 aromatic carbocycles. The molecule has 0 saturated carbocycles. The maximum atomic E-state index is 11.1. The zero-order chi connectivity index (χ0) is 17.2. The molecule has 25 heavy (non-hydrogen) atoms. The van der Waals surface area contributed by atoms with E-state index in [2.05, 4.69) is 26.7 Å². The Labute approximate surface area is 148 Å². The standard InChI is InChI=1S/C18H15N5OS/c1-12(24)19-14-8-6-13(7-9-14)16-10-23(22-21-16)11-18-20-15-4-2-3-5-17(15)25-18/h2-10H,11H2,1H3,(H,19,24). The number of carbonyl (C=O) groups excluding carboxylic acids is 1. The Bertz CT molecular complexity index is 1000. The highest BCUT2D eigenvalue weighted by atomic mass is 32.1. The molecule has 2 aromatic heterocycles. The Balaban J connectivity index is 1.52. The lowest BCUT2D eigenvalue weighted by Crippen LogP contribution is -2.05. The number of amides is 1. The van der Waals surface area contributed by atoms with Crippen LogP contribution in [0.15, 0.2) is 54.7 Å². The lowest BCUT2D eigenvalue weighted by atomic mass is 10.1. The second kappa shape index (κ2) is 6.45. The third-order valence-corrected chi connectivity index (χ3v) is 4.70. The summed E-state index contributed by atoms with van der Waals surface area (Å²) in [7, 11) is 0. The zero-order valence-electron chi connectivity index (χ0n) is 13.5. The minimum Gasteiger partial charge on any atom is -0.326 e. The van der Waals surface area contributed by atoms with Crippen LogP contribution < -0.4 is 5.32 Å². The number of hydrogen-bond donors (Lipinski definition) is 1. The fourth-order valence-corrected chi connectivity index (χ4v) is 3.52. The van der Waals surface area contributed by atoms with Gasteiger partial charge in [-0.2, -0.15) is 0 Å². The average molecular weight is 349 g/mol. The van der Waals surface area contributed by atoms with Gasteiger partial charge in [0, 0.05) is 18.2 Å². The summed E-state index contributed by atoms with van der Waals surface area (Å²) in [6.07, 6.45) is 1.90. The molecule has 0 aliphatic heterocycles.